The van der Waals surface area contributed by atoms with Crippen molar-refractivity contribution >= 4 is 11.3 Å². The summed E-state index contributed by atoms with van der Waals surface area (Å²) in [4.78, 5) is 11.9. The van der Waals surface area contributed by atoms with Gasteiger partial charge in [-0.15, -0.1) is 0 Å². The second-order valence-electron chi connectivity index (χ2n) is 9.29. The van der Waals surface area contributed by atoms with E-state index in [-0.39, 0.29) is 5.82 Å². The zero-order chi connectivity index (χ0) is 22.6. The molecule has 0 atom stereocenters. The number of benzene rings is 1. The number of pyridine rings is 1. The minimum atomic E-state index is -0.320. The molecule has 6 rings (SSSR count). The van der Waals surface area contributed by atoms with Crippen molar-refractivity contribution in [2.24, 2.45) is 5.41 Å². The van der Waals surface area contributed by atoms with Crippen LogP contribution in [-0.4, -0.2) is 39.8 Å². The van der Waals surface area contributed by atoms with Gasteiger partial charge in [-0.05, 0) is 73.9 Å². The largest absolute Gasteiger partial charge is 0.497 e. The van der Waals surface area contributed by atoms with Gasteiger partial charge in [0, 0.05) is 30.5 Å². The summed E-state index contributed by atoms with van der Waals surface area (Å²) in [7, 11) is 1.58. The number of piperidine rings is 1. The van der Waals surface area contributed by atoms with E-state index in [1.165, 1.54) is 17.3 Å². The molecule has 1 aromatic carbocycles. The Balaban J connectivity index is 1.33. The number of aryl methyl sites for hydroxylation is 1. The third-order valence-electron chi connectivity index (χ3n) is 7.34. The summed E-state index contributed by atoms with van der Waals surface area (Å²) < 4.78 is 21.9. The fraction of sp³-hybridized carbons (Fsp3) is 0.346. The Morgan fingerprint density at radius 3 is 2.70 bits per heavy atom. The summed E-state index contributed by atoms with van der Waals surface area (Å²) in [5.74, 6) is 1.20. The van der Waals surface area contributed by atoms with Crippen molar-refractivity contribution in [3.63, 3.8) is 0 Å². The van der Waals surface area contributed by atoms with Gasteiger partial charge in [-0.25, -0.2) is 13.9 Å². The Morgan fingerprint density at radius 1 is 1.06 bits per heavy atom. The van der Waals surface area contributed by atoms with Gasteiger partial charge in [0.05, 0.1) is 24.7 Å². The number of anilines is 1. The molecular formula is C26H26FN5O. The number of rotatable bonds is 3. The summed E-state index contributed by atoms with van der Waals surface area (Å²) >= 11 is 0. The van der Waals surface area contributed by atoms with Crippen LogP contribution in [0.15, 0.2) is 48.8 Å². The lowest BCUT2D eigenvalue weighted by Crippen LogP contribution is -2.41. The van der Waals surface area contributed by atoms with Crippen molar-refractivity contribution in [1.29, 1.82) is 0 Å². The van der Waals surface area contributed by atoms with Crippen molar-refractivity contribution in [3.8, 4) is 17.0 Å². The molecule has 0 N–H and O–H groups in total. The second kappa shape index (κ2) is 7.54. The Kier molecular flexibility index (Phi) is 4.60. The van der Waals surface area contributed by atoms with Crippen LogP contribution >= 0.6 is 0 Å². The fourth-order valence-corrected chi connectivity index (χ4v) is 5.59. The molecule has 6 nitrogen and oxygen atoms in total. The highest BCUT2D eigenvalue weighted by molar-refractivity contribution is 5.76. The first kappa shape index (κ1) is 20.1. The first-order valence-corrected chi connectivity index (χ1v) is 11.4. The van der Waals surface area contributed by atoms with Gasteiger partial charge >= 0.3 is 0 Å². The van der Waals surface area contributed by atoms with E-state index in [1.807, 2.05) is 29.8 Å². The quantitative estimate of drug-likeness (QED) is 0.462. The van der Waals surface area contributed by atoms with Crippen molar-refractivity contribution in [1.82, 2.24) is 19.6 Å². The van der Waals surface area contributed by atoms with Crippen LogP contribution in [0.2, 0.25) is 0 Å². The van der Waals surface area contributed by atoms with Crippen LogP contribution in [0.3, 0.4) is 0 Å². The normalized spacial score (nSPS) is 17.0. The maximum absolute atomic E-state index is 14.8. The van der Waals surface area contributed by atoms with E-state index in [2.05, 4.69) is 21.0 Å². The molecule has 1 aliphatic heterocycles. The van der Waals surface area contributed by atoms with Crippen molar-refractivity contribution in [2.75, 3.05) is 25.1 Å². The van der Waals surface area contributed by atoms with E-state index in [4.69, 9.17) is 9.72 Å². The number of methoxy groups -OCH3 is 1. The molecular weight excluding hydrogens is 417 g/mol. The van der Waals surface area contributed by atoms with Crippen LogP contribution in [0.1, 0.15) is 29.8 Å². The van der Waals surface area contributed by atoms with Gasteiger partial charge < -0.3 is 9.64 Å². The molecule has 1 aliphatic carbocycles. The Morgan fingerprint density at radius 2 is 1.91 bits per heavy atom. The minimum Gasteiger partial charge on any atom is -0.497 e. The van der Waals surface area contributed by atoms with Crippen LogP contribution in [0.25, 0.3) is 16.8 Å². The van der Waals surface area contributed by atoms with Gasteiger partial charge in [-0.1, -0.05) is 6.07 Å². The van der Waals surface area contributed by atoms with Crippen molar-refractivity contribution in [3.05, 3.63) is 71.6 Å². The van der Waals surface area contributed by atoms with Gasteiger partial charge in [0.15, 0.2) is 5.82 Å². The predicted octanol–water partition coefficient (Wildman–Crippen LogP) is 4.63. The molecule has 7 heteroatoms. The third-order valence-corrected chi connectivity index (χ3v) is 7.34. The van der Waals surface area contributed by atoms with Gasteiger partial charge in [-0.2, -0.15) is 5.10 Å². The van der Waals surface area contributed by atoms with Crippen LogP contribution < -0.4 is 9.64 Å². The van der Waals surface area contributed by atoms with Gasteiger partial charge in [0.2, 0.25) is 0 Å². The van der Waals surface area contributed by atoms with E-state index in [9.17, 15) is 4.39 Å². The molecule has 1 saturated heterocycles. The Hall–Kier alpha value is -3.48. The highest BCUT2D eigenvalue weighted by Crippen LogP contribution is 2.45. The van der Waals surface area contributed by atoms with Crippen molar-refractivity contribution in [2.45, 2.75) is 32.6 Å². The number of fused-ring (bicyclic) bond motifs is 2. The lowest BCUT2D eigenvalue weighted by atomic mass is 9.76. The summed E-state index contributed by atoms with van der Waals surface area (Å²) in [6.45, 7) is 3.80. The highest BCUT2D eigenvalue weighted by atomic mass is 19.1. The highest BCUT2D eigenvalue weighted by Gasteiger charge is 2.41. The molecule has 0 bridgehead atoms. The standard InChI is InChI=1S/C26H26FN5O/c1-17-24(20-14-19(33-2)5-6-21(20)27)32-23(7-11-29-32)25(30-17)31-12-8-26(9-13-31)15-18-4-3-10-28-22(18)16-26/h3-7,10-11,14H,8-9,12-13,15-16H2,1-2H3. The van der Waals surface area contributed by atoms with E-state index in [0.717, 1.165) is 55.8 Å². The van der Waals surface area contributed by atoms with E-state index < -0.39 is 0 Å². The average molecular weight is 444 g/mol. The van der Waals surface area contributed by atoms with Crippen LogP contribution in [0, 0.1) is 18.2 Å². The van der Waals surface area contributed by atoms with Gasteiger partial charge in [-0.3, -0.25) is 4.98 Å². The molecule has 4 aromatic rings. The number of aromatic nitrogens is 4. The van der Waals surface area contributed by atoms with Crippen LogP contribution in [0.4, 0.5) is 10.2 Å². The molecule has 33 heavy (non-hydrogen) atoms. The topological polar surface area (TPSA) is 55.5 Å². The number of ether oxygens (including phenoxy) is 1. The second-order valence-corrected chi connectivity index (χ2v) is 9.29. The summed E-state index contributed by atoms with van der Waals surface area (Å²) in [6, 6.07) is 11.0. The minimum absolute atomic E-state index is 0.308. The molecule has 168 valence electrons. The lowest BCUT2D eigenvalue weighted by molar-refractivity contribution is 0.231. The van der Waals surface area contributed by atoms with E-state index >= 15 is 0 Å². The molecule has 0 unspecified atom stereocenters. The fourth-order valence-electron chi connectivity index (χ4n) is 5.59. The summed E-state index contributed by atoms with van der Waals surface area (Å²) in [6.07, 6.45) is 8.06. The maximum Gasteiger partial charge on any atom is 0.155 e. The predicted molar refractivity (Wildman–Crippen MR) is 125 cm³/mol. The van der Waals surface area contributed by atoms with Crippen LogP contribution in [-0.2, 0) is 12.8 Å². The summed E-state index contributed by atoms with van der Waals surface area (Å²) in [5.41, 5.74) is 5.71. The maximum atomic E-state index is 14.8. The lowest BCUT2D eigenvalue weighted by Gasteiger charge is -2.40. The number of nitrogens with zero attached hydrogens (tertiary/aromatic N) is 5. The van der Waals surface area contributed by atoms with E-state index in [1.54, 1.807) is 25.4 Å². The zero-order valence-corrected chi connectivity index (χ0v) is 18.9. The molecule has 0 saturated carbocycles. The first-order chi connectivity index (χ1) is 16.1. The number of halogens is 1. The third kappa shape index (κ3) is 3.25. The SMILES string of the molecule is COc1ccc(F)c(-c2c(C)nc(N3CCC4(CC3)Cc3cccnc3C4)c3ccnn23)c1. The number of hydrogen-bond acceptors (Lipinski definition) is 5. The van der Waals surface area contributed by atoms with Crippen LogP contribution in [0.5, 0.6) is 5.75 Å². The first-order valence-electron chi connectivity index (χ1n) is 11.4. The molecule has 1 fully saturated rings. The zero-order valence-electron chi connectivity index (χ0n) is 18.9. The van der Waals surface area contributed by atoms with Gasteiger partial charge in [0.25, 0.3) is 0 Å². The molecule has 0 amide bonds. The molecule has 3 aromatic heterocycles. The summed E-state index contributed by atoms with van der Waals surface area (Å²) in [5, 5.41) is 4.54. The molecule has 0 radical (unpaired) electrons. The van der Waals surface area contributed by atoms with Gasteiger partial charge in [0.1, 0.15) is 17.1 Å². The Labute approximate surface area is 192 Å². The molecule has 2 aliphatic rings. The van der Waals surface area contributed by atoms with Crippen molar-refractivity contribution < 1.29 is 9.13 Å². The molecule has 4 heterocycles. The molecule has 1 spiro atoms. The smallest absolute Gasteiger partial charge is 0.155 e. The number of hydrogen-bond donors (Lipinski definition) is 0. The van der Waals surface area contributed by atoms with E-state index in [0.29, 0.717) is 22.4 Å². The Bertz CT molecular complexity index is 1330. The monoisotopic (exact) mass is 443 g/mol. The average Bonchev–Trinajstić information content (AvgIpc) is 3.44.